The Morgan fingerprint density at radius 3 is 1.50 bits per heavy atom. The first-order valence-electron chi connectivity index (χ1n) is 18.3. The number of fused-ring (bicyclic) bond motifs is 3. The minimum Gasteiger partial charge on any atom is -0.457 e. The van der Waals surface area contributed by atoms with Crippen LogP contribution in [0.25, 0.3) is 90.0 Å². The van der Waals surface area contributed by atoms with Crippen LogP contribution >= 0.6 is 0 Å². The Kier molecular flexibility index (Phi) is 8.35. The van der Waals surface area contributed by atoms with E-state index in [-0.39, 0.29) is 0 Å². The smallest absolute Gasteiger partial charge is 0.180 e. The van der Waals surface area contributed by atoms with E-state index in [0.717, 1.165) is 61.1 Å². The van der Waals surface area contributed by atoms with Crippen molar-refractivity contribution in [2.24, 2.45) is 0 Å². The lowest BCUT2D eigenvalue weighted by atomic mass is 10.0. The summed E-state index contributed by atoms with van der Waals surface area (Å²) in [7, 11) is 0. The number of rotatable bonds is 8. The highest BCUT2D eigenvalue weighted by atomic mass is 16.5. The molecule has 0 saturated carbocycles. The van der Waals surface area contributed by atoms with Crippen LogP contribution in [-0.2, 0) is 0 Å². The summed E-state index contributed by atoms with van der Waals surface area (Å²) in [4.78, 5) is 24.8. The van der Waals surface area contributed by atoms with E-state index in [1.54, 1.807) is 0 Å². The summed E-state index contributed by atoms with van der Waals surface area (Å²) in [5.41, 5.74) is 9.70. The van der Waals surface area contributed by atoms with E-state index >= 15 is 0 Å². The molecule has 7 nitrogen and oxygen atoms in total. The van der Waals surface area contributed by atoms with Crippen molar-refractivity contribution in [2.45, 2.75) is 0 Å². The van der Waals surface area contributed by atoms with Gasteiger partial charge in [0.15, 0.2) is 28.9 Å². The first-order chi connectivity index (χ1) is 27.7. The molecule has 10 rings (SSSR count). The molecular weight excluding hydrogens is 691 g/mol. The molecule has 0 spiro atoms. The summed E-state index contributed by atoms with van der Waals surface area (Å²) >= 11 is 0. The molecule has 3 heterocycles. The molecular formula is C49H31N5O2. The predicted octanol–water partition coefficient (Wildman–Crippen LogP) is 12.4. The molecule has 0 aliphatic heterocycles. The molecule has 0 amide bonds. The van der Waals surface area contributed by atoms with Gasteiger partial charge in [-0.1, -0.05) is 140 Å². The molecule has 0 N–H and O–H groups in total. The topological polar surface area (TPSA) is 86.8 Å². The number of benzene rings is 7. The van der Waals surface area contributed by atoms with Gasteiger partial charge in [-0.05, 0) is 59.7 Å². The molecule has 0 saturated heterocycles. The van der Waals surface area contributed by atoms with Crippen molar-refractivity contribution in [3.63, 3.8) is 0 Å². The molecule has 0 fully saturated rings. The van der Waals surface area contributed by atoms with Crippen molar-refractivity contribution in [3.05, 3.63) is 188 Å². The summed E-state index contributed by atoms with van der Waals surface area (Å²) in [5, 5.41) is 0.949. The number of ether oxygens (including phenoxy) is 1. The van der Waals surface area contributed by atoms with E-state index in [0.29, 0.717) is 40.4 Å². The largest absolute Gasteiger partial charge is 0.457 e. The summed E-state index contributed by atoms with van der Waals surface area (Å²) in [6.07, 6.45) is 0. The highest BCUT2D eigenvalue weighted by Gasteiger charge is 2.18. The molecule has 7 heteroatoms. The predicted molar refractivity (Wildman–Crippen MR) is 222 cm³/mol. The van der Waals surface area contributed by atoms with Crippen LogP contribution in [-0.4, -0.2) is 24.9 Å². The third-order valence-electron chi connectivity index (χ3n) is 9.63. The van der Waals surface area contributed by atoms with Gasteiger partial charge in [-0.15, -0.1) is 0 Å². The average Bonchev–Trinajstić information content (AvgIpc) is 3.66. The van der Waals surface area contributed by atoms with Crippen molar-refractivity contribution >= 4 is 22.1 Å². The van der Waals surface area contributed by atoms with Crippen molar-refractivity contribution in [1.29, 1.82) is 0 Å². The van der Waals surface area contributed by atoms with Gasteiger partial charge in [0.25, 0.3) is 0 Å². The van der Waals surface area contributed by atoms with E-state index < -0.39 is 0 Å². The minimum absolute atomic E-state index is 0.551. The summed E-state index contributed by atoms with van der Waals surface area (Å²) in [6.45, 7) is 0. The van der Waals surface area contributed by atoms with Crippen molar-refractivity contribution < 1.29 is 9.15 Å². The van der Waals surface area contributed by atoms with E-state index in [4.69, 9.17) is 34.1 Å². The quantitative estimate of drug-likeness (QED) is 0.154. The third-order valence-corrected chi connectivity index (χ3v) is 9.63. The van der Waals surface area contributed by atoms with Crippen LogP contribution in [0.2, 0.25) is 0 Å². The van der Waals surface area contributed by atoms with Gasteiger partial charge in [0.05, 0.1) is 0 Å². The van der Waals surface area contributed by atoms with Crippen LogP contribution < -0.4 is 4.74 Å². The number of para-hydroxylation sites is 1. The highest BCUT2D eigenvalue weighted by Crippen LogP contribution is 2.36. The molecule has 0 aliphatic carbocycles. The summed E-state index contributed by atoms with van der Waals surface area (Å²) in [5.74, 6) is 3.67. The average molecular weight is 722 g/mol. The monoisotopic (exact) mass is 721 g/mol. The number of hydrogen-bond donors (Lipinski definition) is 0. The van der Waals surface area contributed by atoms with E-state index in [1.807, 2.05) is 152 Å². The highest BCUT2D eigenvalue weighted by molar-refractivity contribution is 6.07. The van der Waals surface area contributed by atoms with Gasteiger partial charge in [-0.3, -0.25) is 0 Å². The van der Waals surface area contributed by atoms with Crippen molar-refractivity contribution in [1.82, 2.24) is 24.9 Å². The molecule has 0 bridgehead atoms. The van der Waals surface area contributed by atoms with Gasteiger partial charge in [0.1, 0.15) is 28.3 Å². The van der Waals surface area contributed by atoms with Crippen LogP contribution in [0.4, 0.5) is 0 Å². The minimum atomic E-state index is 0.551. The Hall–Kier alpha value is -7.77. The lowest BCUT2D eigenvalue weighted by Gasteiger charge is -2.11. The fraction of sp³-hybridized carbons (Fsp3) is 0. The lowest BCUT2D eigenvalue weighted by Crippen LogP contribution is -2.00. The van der Waals surface area contributed by atoms with E-state index in [9.17, 15) is 0 Å². The molecule has 0 radical (unpaired) electrons. The maximum atomic E-state index is 6.40. The third kappa shape index (κ3) is 6.44. The van der Waals surface area contributed by atoms with Crippen LogP contribution in [0.15, 0.2) is 192 Å². The second-order valence-electron chi connectivity index (χ2n) is 13.3. The van der Waals surface area contributed by atoms with Gasteiger partial charge in [0, 0.05) is 33.2 Å². The first kappa shape index (κ1) is 32.8. The van der Waals surface area contributed by atoms with Crippen molar-refractivity contribution in [3.8, 4) is 79.4 Å². The Morgan fingerprint density at radius 1 is 0.339 bits per heavy atom. The Balaban J connectivity index is 0.964. The van der Waals surface area contributed by atoms with Crippen LogP contribution in [0.5, 0.6) is 11.5 Å². The zero-order chi connectivity index (χ0) is 37.3. The maximum Gasteiger partial charge on any atom is 0.180 e. The molecule has 3 aromatic heterocycles. The lowest BCUT2D eigenvalue weighted by molar-refractivity contribution is 0.483. The van der Waals surface area contributed by atoms with Gasteiger partial charge >= 0.3 is 0 Å². The molecule has 0 unspecified atom stereocenters. The van der Waals surface area contributed by atoms with Crippen LogP contribution in [0.1, 0.15) is 0 Å². The Labute approximate surface area is 322 Å². The Morgan fingerprint density at radius 2 is 0.821 bits per heavy atom. The number of aromatic nitrogens is 5. The fourth-order valence-corrected chi connectivity index (χ4v) is 6.81. The zero-order valence-corrected chi connectivity index (χ0v) is 30.0. The second-order valence-corrected chi connectivity index (χ2v) is 13.3. The molecule has 56 heavy (non-hydrogen) atoms. The van der Waals surface area contributed by atoms with Gasteiger partial charge in [0.2, 0.25) is 0 Å². The normalized spacial score (nSPS) is 11.2. The number of hydrogen-bond acceptors (Lipinski definition) is 7. The number of furan rings is 1. The SMILES string of the molecule is c1ccc(-c2ccc(-c3nc(-c4ccccc4)nc(-c4cccc(Oc5ccc(-c6nc(-c7ccccc7)c7oc8ccccc8c7n6)cc5)c4)n3)cc2)cc1. The molecule has 10 aromatic rings. The van der Waals surface area contributed by atoms with E-state index in [1.165, 1.54) is 0 Å². The maximum absolute atomic E-state index is 6.40. The van der Waals surface area contributed by atoms with E-state index in [2.05, 4.69) is 36.4 Å². The Bertz CT molecular complexity index is 2970. The molecule has 7 aromatic carbocycles. The van der Waals surface area contributed by atoms with Gasteiger partial charge in [-0.2, -0.15) is 0 Å². The molecule has 264 valence electrons. The first-order valence-corrected chi connectivity index (χ1v) is 18.3. The van der Waals surface area contributed by atoms with Crippen LogP contribution in [0, 0.1) is 0 Å². The van der Waals surface area contributed by atoms with Crippen molar-refractivity contribution in [2.75, 3.05) is 0 Å². The zero-order valence-electron chi connectivity index (χ0n) is 30.0. The van der Waals surface area contributed by atoms with Gasteiger partial charge in [-0.25, -0.2) is 24.9 Å². The van der Waals surface area contributed by atoms with Crippen LogP contribution in [0.3, 0.4) is 0 Å². The summed E-state index contributed by atoms with van der Waals surface area (Å²) < 4.78 is 12.7. The molecule has 0 aliphatic rings. The standard InChI is InChI=1S/C49H31N5O2/c1-4-13-32(14-5-1)33-23-25-36(26-24-33)48-52-47(35-17-8-3-9-18-35)53-49(54-48)38-19-12-20-40(31-38)55-39-29-27-37(28-30-39)46-50-43(34-15-6-2-7-16-34)45-44(51-46)41-21-10-11-22-42(41)56-45/h1-31H. The van der Waals surface area contributed by atoms with Gasteiger partial charge < -0.3 is 9.15 Å². The fourth-order valence-electron chi connectivity index (χ4n) is 6.81. The number of nitrogens with zero attached hydrogens (tertiary/aromatic N) is 5. The second kappa shape index (κ2) is 14.2. The summed E-state index contributed by atoms with van der Waals surface area (Å²) in [6, 6.07) is 62.2. The molecule has 0 atom stereocenters.